The Labute approximate surface area is 75.5 Å². The fourth-order valence-electron chi connectivity index (χ4n) is 2.34. The molecule has 3 N–H and O–H groups in total. The summed E-state index contributed by atoms with van der Waals surface area (Å²) in [6.45, 7) is 0. The van der Waals surface area contributed by atoms with E-state index in [2.05, 4.69) is 10.6 Å². The predicted octanol–water partition coefficient (Wildman–Crippen LogP) is -0.0789. The van der Waals surface area contributed by atoms with Gasteiger partial charge in [0.15, 0.2) is 0 Å². The summed E-state index contributed by atoms with van der Waals surface area (Å²) in [5.74, 6) is 0.000648. The molecule has 2 aliphatic rings. The van der Waals surface area contributed by atoms with Gasteiger partial charge in [0.1, 0.15) is 6.04 Å². The molecule has 2 amide bonds. The molecule has 1 saturated carbocycles. The van der Waals surface area contributed by atoms with Crippen LogP contribution in [0, 0.1) is 5.92 Å². The van der Waals surface area contributed by atoms with Crippen LogP contribution in [0.3, 0.4) is 0 Å². The average molecular weight is 184 g/mol. The molecule has 1 heterocycles. The average Bonchev–Trinajstić information content (AvgIpc) is 2.55. The van der Waals surface area contributed by atoms with Crippen LogP contribution in [0.15, 0.2) is 0 Å². The Morgan fingerprint density at radius 1 is 1.54 bits per heavy atom. The molecule has 0 unspecified atom stereocenters. The molecule has 72 valence electrons. The molecule has 2 fully saturated rings. The fourth-order valence-corrected chi connectivity index (χ4v) is 2.34. The SMILES string of the molecule is O=C(O)N[C@H]1C(=O)N[C@@H]2CCC[C@@H]21. The van der Waals surface area contributed by atoms with Crippen LogP contribution in [0.5, 0.6) is 0 Å². The zero-order valence-corrected chi connectivity index (χ0v) is 7.12. The first-order valence-corrected chi connectivity index (χ1v) is 4.48. The number of fused-ring (bicyclic) bond motifs is 1. The molecule has 5 nitrogen and oxygen atoms in total. The van der Waals surface area contributed by atoms with Gasteiger partial charge in [-0.3, -0.25) is 4.79 Å². The number of nitrogens with one attached hydrogen (secondary N) is 2. The maximum absolute atomic E-state index is 11.3. The van der Waals surface area contributed by atoms with E-state index in [9.17, 15) is 9.59 Å². The molecule has 5 heteroatoms. The summed E-state index contributed by atoms with van der Waals surface area (Å²) in [4.78, 5) is 21.7. The minimum atomic E-state index is -1.12. The Bertz CT molecular complexity index is 254. The van der Waals surface area contributed by atoms with Crippen molar-refractivity contribution in [3.05, 3.63) is 0 Å². The topological polar surface area (TPSA) is 78.4 Å². The van der Waals surface area contributed by atoms with Crippen molar-refractivity contribution in [2.24, 2.45) is 5.92 Å². The Hall–Kier alpha value is -1.26. The van der Waals surface area contributed by atoms with Gasteiger partial charge in [0, 0.05) is 12.0 Å². The number of hydrogen-bond acceptors (Lipinski definition) is 2. The molecule has 1 aliphatic carbocycles. The van der Waals surface area contributed by atoms with Crippen molar-refractivity contribution >= 4 is 12.0 Å². The lowest BCUT2D eigenvalue weighted by Crippen LogP contribution is -2.42. The van der Waals surface area contributed by atoms with E-state index in [1.807, 2.05) is 0 Å². The lowest BCUT2D eigenvalue weighted by molar-refractivity contribution is -0.121. The summed E-state index contributed by atoms with van der Waals surface area (Å²) in [5, 5.41) is 13.6. The molecular formula is C8H12N2O3. The highest BCUT2D eigenvalue weighted by Gasteiger charge is 2.45. The number of carboxylic acid groups (broad SMARTS) is 1. The zero-order chi connectivity index (χ0) is 9.42. The van der Waals surface area contributed by atoms with Crippen molar-refractivity contribution in [2.45, 2.75) is 31.3 Å². The standard InChI is InChI=1S/C8H12N2O3/c11-7-6(10-8(12)13)4-2-1-3-5(4)9-7/h4-6,10H,1-3H2,(H,9,11)(H,12,13)/t4-,5+,6+/m0/s1. The number of carbonyl (C=O) groups is 2. The van der Waals surface area contributed by atoms with E-state index in [1.54, 1.807) is 0 Å². The van der Waals surface area contributed by atoms with Gasteiger partial charge >= 0.3 is 6.09 Å². The second-order valence-corrected chi connectivity index (χ2v) is 3.64. The Kier molecular flexibility index (Phi) is 1.86. The van der Waals surface area contributed by atoms with Gasteiger partial charge in [0.2, 0.25) is 5.91 Å². The molecule has 3 atom stereocenters. The number of hydrogen-bond donors (Lipinski definition) is 3. The van der Waals surface area contributed by atoms with Gasteiger partial charge in [-0.1, -0.05) is 6.42 Å². The zero-order valence-electron chi connectivity index (χ0n) is 7.12. The summed E-state index contributed by atoms with van der Waals surface area (Å²) < 4.78 is 0. The third-order valence-electron chi connectivity index (χ3n) is 2.89. The van der Waals surface area contributed by atoms with Gasteiger partial charge < -0.3 is 15.7 Å². The van der Waals surface area contributed by atoms with Gasteiger partial charge in [-0.15, -0.1) is 0 Å². The highest BCUT2D eigenvalue weighted by Crippen LogP contribution is 2.32. The maximum atomic E-state index is 11.3. The molecule has 0 radical (unpaired) electrons. The highest BCUT2D eigenvalue weighted by atomic mass is 16.4. The lowest BCUT2D eigenvalue weighted by atomic mass is 9.99. The smallest absolute Gasteiger partial charge is 0.405 e. The van der Waals surface area contributed by atoms with Crippen molar-refractivity contribution in [3.63, 3.8) is 0 Å². The third-order valence-corrected chi connectivity index (χ3v) is 2.89. The first kappa shape index (κ1) is 8.34. The van der Waals surface area contributed by atoms with E-state index < -0.39 is 12.1 Å². The first-order chi connectivity index (χ1) is 6.18. The molecule has 0 bridgehead atoms. The van der Waals surface area contributed by atoms with Gasteiger partial charge in [-0.05, 0) is 12.8 Å². The molecule has 1 saturated heterocycles. The van der Waals surface area contributed by atoms with Crippen LogP contribution in [-0.4, -0.2) is 29.2 Å². The van der Waals surface area contributed by atoms with E-state index >= 15 is 0 Å². The Morgan fingerprint density at radius 3 is 3.00 bits per heavy atom. The van der Waals surface area contributed by atoms with Crippen molar-refractivity contribution in [2.75, 3.05) is 0 Å². The Balaban J connectivity index is 2.08. The summed E-state index contributed by atoms with van der Waals surface area (Å²) >= 11 is 0. The maximum Gasteiger partial charge on any atom is 0.405 e. The van der Waals surface area contributed by atoms with Crippen molar-refractivity contribution in [3.8, 4) is 0 Å². The molecule has 0 aromatic carbocycles. The van der Waals surface area contributed by atoms with Crippen molar-refractivity contribution in [1.29, 1.82) is 0 Å². The number of rotatable bonds is 1. The first-order valence-electron chi connectivity index (χ1n) is 4.48. The minimum Gasteiger partial charge on any atom is -0.465 e. The molecule has 0 aromatic heterocycles. The number of amides is 2. The summed E-state index contributed by atoms with van der Waals surface area (Å²) in [6, 6.07) is -0.325. The molecule has 1 aliphatic heterocycles. The van der Waals surface area contributed by atoms with Crippen LogP contribution in [0.1, 0.15) is 19.3 Å². The van der Waals surface area contributed by atoms with Crippen molar-refractivity contribution in [1.82, 2.24) is 10.6 Å². The van der Waals surface area contributed by atoms with Gasteiger partial charge in [0.25, 0.3) is 0 Å². The largest absolute Gasteiger partial charge is 0.465 e. The second kappa shape index (κ2) is 2.90. The van der Waals surface area contributed by atoms with Crippen LogP contribution in [-0.2, 0) is 4.79 Å². The van der Waals surface area contributed by atoms with Crippen LogP contribution < -0.4 is 10.6 Å². The number of carbonyl (C=O) groups excluding carboxylic acids is 1. The third kappa shape index (κ3) is 1.34. The van der Waals surface area contributed by atoms with E-state index in [0.29, 0.717) is 0 Å². The highest BCUT2D eigenvalue weighted by molar-refractivity contribution is 5.88. The quantitative estimate of drug-likeness (QED) is 0.533. The van der Waals surface area contributed by atoms with Crippen molar-refractivity contribution < 1.29 is 14.7 Å². The molecule has 0 spiro atoms. The normalized spacial score (nSPS) is 36.9. The van der Waals surface area contributed by atoms with Crippen LogP contribution in [0.4, 0.5) is 4.79 Å². The molecule has 2 rings (SSSR count). The lowest BCUT2D eigenvalue weighted by Gasteiger charge is -2.14. The van der Waals surface area contributed by atoms with Gasteiger partial charge in [-0.2, -0.15) is 0 Å². The minimum absolute atomic E-state index is 0.169. The van der Waals surface area contributed by atoms with E-state index in [1.165, 1.54) is 0 Å². The van der Waals surface area contributed by atoms with E-state index in [-0.39, 0.29) is 17.9 Å². The van der Waals surface area contributed by atoms with Gasteiger partial charge in [-0.25, -0.2) is 4.79 Å². The summed E-state index contributed by atoms with van der Waals surface area (Å²) in [6.07, 6.45) is 1.88. The molecule has 0 aromatic rings. The van der Waals surface area contributed by atoms with Gasteiger partial charge in [0.05, 0.1) is 0 Å². The van der Waals surface area contributed by atoms with Crippen LogP contribution >= 0.6 is 0 Å². The monoisotopic (exact) mass is 184 g/mol. The van der Waals surface area contributed by atoms with Crippen LogP contribution in [0.25, 0.3) is 0 Å². The van der Waals surface area contributed by atoms with Crippen LogP contribution in [0.2, 0.25) is 0 Å². The Morgan fingerprint density at radius 2 is 2.31 bits per heavy atom. The van der Waals surface area contributed by atoms with E-state index in [0.717, 1.165) is 19.3 Å². The second-order valence-electron chi connectivity index (χ2n) is 3.64. The fraction of sp³-hybridized carbons (Fsp3) is 0.750. The molecule has 13 heavy (non-hydrogen) atoms. The molecular weight excluding hydrogens is 172 g/mol. The van der Waals surface area contributed by atoms with E-state index in [4.69, 9.17) is 5.11 Å². The predicted molar refractivity (Wildman–Crippen MR) is 44.2 cm³/mol. The summed E-state index contributed by atoms with van der Waals surface area (Å²) in [7, 11) is 0. The summed E-state index contributed by atoms with van der Waals surface area (Å²) in [5.41, 5.74) is 0.